The van der Waals surface area contributed by atoms with Crippen LogP contribution < -0.4 is 11.1 Å². The van der Waals surface area contributed by atoms with Gasteiger partial charge in [0.25, 0.3) is 5.91 Å². The topological polar surface area (TPSA) is 133 Å². The zero-order valence-corrected chi connectivity index (χ0v) is 21.4. The molecular weight excluding hydrogens is 470 g/mol. The van der Waals surface area contributed by atoms with Gasteiger partial charge in [-0.1, -0.05) is 41.6 Å². The van der Waals surface area contributed by atoms with E-state index in [1.54, 1.807) is 10.9 Å². The van der Waals surface area contributed by atoms with Crippen molar-refractivity contribution >= 4 is 16.8 Å². The number of benzene rings is 2. The van der Waals surface area contributed by atoms with Gasteiger partial charge < -0.3 is 20.5 Å². The summed E-state index contributed by atoms with van der Waals surface area (Å²) in [6.07, 6.45) is 4.60. The van der Waals surface area contributed by atoms with Crippen LogP contribution >= 0.6 is 0 Å². The van der Waals surface area contributed by atoms with Crippen molar-refractivity contribution in [2.24, 2.45) is 5.73 Å². The molecule has 0 spiro atoms. The summed E-state index contributed by atoms with van der Waals surface area (Å²) in [4.78, 5) is 13.1. The zero-order chi connectivity index (χ0) is 26.0. The molecule has 4 N–H and O–H groups in total. The van der Waals surface area contributed by atoms with Crippen LogP contribution in [-0.2, 0) is 16.0 Å². The van der Waals surface area contributed by atoms with E-state index in [-0.39, 0.29) is 12.0 Å². The fourth-order valence-corrected chi connectivity index (χ4v) is 4.06. The molecule has 0 radical (unpaired) electrons. The summed E-state index contributed by atoms with van der Waals surface area (Å²) in [5.74, 6) is -0.231. The summed E-state index contributed by atoms with van der Waals surface area (Å²) in [7, 11) is 0. The first-order chi connectivity index (χ1) is 18.0. The fraction of sp³-hybridized carbons (Fsp3) is 0.407. The molecule has 0 bridgehead atoms. The van der Waals surface area contributed by atoms with Crippen LogP contribution in [0.1, 0.15) is 42.7 Å². The number of aromatic nitrogens is 5. The van der Waals surface area contributed by atoms with Gasteiger partial charge in [-0.05, 0) is 44.4 Å². The maximum Gasteiger partial charge on any atom is 0.272 e. The molecule has 2 aromatic heterocycles. The van der Waals surface area contributed by atoms with Gasteiger partial charge in [0, 0.05) is 30.6 Å². The van der Waals surface area contributed by atoms with Gasteiger partial charge in [-0.25, -0.2) is 4.68 Å². The molecule has 2 aromatic carbocycles. The maximum absolute atomic E-state index is 13.1. The molecule has 0 aliphatic carbocycles. The van der Waals surface area contributed by atoms with Gasteiger partial charge in [0.1, 0.15) is 5.69 Å². The van der Waals surface area contributed by atoms with Crippen LogP contribution in [0.4, 0.5) is 0 Å². The molecule has 196 valence electrons. The van der Waals surface area contributed by atoms with E-state index in [0.717, 1.165) is 35.1 Å². The minimum absolute atomic E-state index is 0.115. The average molecular weight is 506 g/mol. The normalized spacial score (nSPS) is 15.1. The second-order valence-corrected chi connectivity index (χ2v) is 9.15. The van der Waals surface area contributed by atoms with Crippen molar-refractivity contribution in [2.75, 3.05) is 26.3 Å². The molecular formula is C27H35N7O3. The number of nitrogens with zero attached hydrogens (tertiary/aromatic N) is 4. The van der Waals surface area contributed by atoms with Crippen LogP contribution in [-0.4, -0.2) is 69.6 Å². The van der Waals surface area contributed by atoms with E-state index >= 15 is 0 Å². The molecule has 1 atom stereocenters. The summed E-state index contributed by atoms with van der Waals surface area (Å²) >= 11 is 0. The van der Waals surface area contributed by atoms with Crippen LogP contribution in [0.3, 0.4) is 0 Å². The molecule has 10 nitrogen and oxygen atoms in total. The number of carbonyl (C=O) groups is 1. The van der Waals surface area contributed by atoms with Crippen molar-refractivity contribution in [3.63, 3.8) is 0 Å². The third-order valence-corrected chi connectivity index (χ3v) is 5.96. The van der Waals surface area contributed by atoms with Gasteiger partial charge in [-0.15, -0.1) is 5.10 Å². The Kier molecular flexibility index (Phi) is 9.36. The van der Waals surface area contributed by atoms with E-state index in [2.05, 4.69) is 25.8 Å². The number of nitrogens with one attached hydrogen (secondary N) is 2. The fourth-order valence-electron chi connectivity index (χ4n) is 4.06. The highest BCUT2D eigenvalue weighted by Crippen LogP contribution is 2.25. The monoisotopic (exact) mass is 505 g/mol. The van der Waals surface area contributed by atoms with Gasteiger partial charge in [0.2, 0.25) is 0 Å². The molecule has 1 saturated heterocycles. The lowest BCUT2D eigenvalue weighted by Gasteiger charge is -2.11. The number of ether oxygens (including phenoxy) is 2. The Morgan fingerprint density at radius 2 is 2.11 bits per heavy atom. The molecule has 1 aliphatic rings. The lowest BCUT2D eigenvalue weighted by atomic mass is 10.1. The molecule has 1 aliphatic heterocycles. The van der Waals surface area contributed by atoms with E-state index in [1.165, 1.54) is 6.42 Å². The highest BCUT2D eigenvalue weighted by Gasteiger charge is 2.22. The van der Waals surface area contributed by atoms with Gasteiger partial charge in [0.15, 0.2) is 5.69 Å². The second kappa shape index (κ2) is 13.1. The van der Waals surface area contributed by atoms with Gasteiger partial charge in [0.05, 0.1) is 37.1 Å². The first-order valence-electron chi connectivity index (χ1n) is 12.7. The predicted molar refractivity (Wildman–Crippen MR) is 142 cm³/mol. The zero-order valence-electron chi connectivity index (χ0n) is 21.4. The van der Waals surface area contributed by atoms with Gasteiger partial charge >= 0.3 is 0 Å². The molecule has 3 heterocycles. The number of fused-ring (bicyclic) bond motifs is 1. The number of amides is 1. The predicted octanol–water partition coefficient (Wildman–Crippen LogP) is 3.15. The van der Waals surface area contributed by atoms with Crippen molar-refractivity contribution < 1.29 is 14.3 Å². The number of H-pyrrole nitrogens is 1. The van der Waals surface area contributed by atoms with Crippen molar-refractivity contribution in [2.45, 2.75) is 45.4 Å². The van der Waals surface area contributed by atoms with E-state index in [4.69, 9.17) is 15.2 Å². The number of carbonyl (C=O) groups excluding carboxylic acids is 1. The molecule has 1 fully saturated rings. The molecule has 10 heteroatoms. The number of aromatic amines is 1. The molecule has 4 aromatic rings. The standard InChI is InChI=1S/C22H24N6O2.C5H11NO/c1-15(2)30-11-10-23-22(29)21-20(17-8-9-19-18(12-17)13-24-25-19)26-27-28(21)14-16-6-4-3-5-7-16;6-4-5-2-1-3-7-5/h3-9,12-13,15H,10-11,14H2,1-2H3,(H,23,29)(H,24,25);5H,1-4,6H2/t;5-/m.0/s1. The Bertz CT molecular complexity index is 1260. The van der Waals surface area contributed by atoms with Crippen LogP contribution in [0.2, 0.25) is 0 Å². The minimum atomic E-state index is -0.231. The van der Waals surface area contributed by atoms with E-state index in [9.17, 15) is 4.79 Å². The van der Waals surface area contributed by atoms with Crippen molar-refractivity contribution in [3.05, 3.63) is 66.0 Å². The highest BCUT2D eigenvalue weighted by molar-refractivity contribution is 5.99. The van der Waals surface area contributed by atoms with Crippen LogP contribution in [0, 0.1) is 0 Å². The highest BCUT2D eigenvalue weighted by atomic mass is 16.5. The van der Waals surface area contributed by atoms with Gasteiger partial charge in [-0.3, -0.25) is 9.89 Å². The van der Waals surface area contributed by atoms with Crippen LogP contribution in [0.25, 0.3) is 22.2 Å². The first kappa shape index (κ1) is 26.5. The Labute approximate surface area is 216 Å². The minimum Gasteiger partial charge on any atom is -0.377 e. The summed E-state index contributed by atoms with van der Waals surface area (Å²) in [6.45, 7) is 6.85. The summed E-state index contributed by atoms with van der Waals surface area (Å²) in [5.41, 5.74) is 9.04. The SMILES string of the molecule is CC(C)OCCNC(=O)c1c(-c2ccc3[nH]ncc3c2)nnn1Cc1ccccc1.NC[C@@H]1CCCO1. The Hall–Kier alpha value is -3.60. The third-order valence-electron chi connectivity index (χ3n) is 5.96. The van der Waals surface area contributed by atoms with Crippen molar-refractivity contribution in [1.29, 1.82) is 0 Å². The van der Waals surface area contributed by atoms with Crippen molar-refractivity contribution in [3.8, 4) is 11.3 Å². The quantitative estimate of drug-likeness (QED) is 0.298. The molecule has 0 saturated carbocycles. The number of hydrogen-bond acceptors (Lipinski definition) is 7. The summed E-state index contributed by atoms with van der Waals surface area (Å²) in [6, 6.07) is 15.7. The Morgan fingerprint density at radius 3 is 2.81 bits per heavy atom. The lowest BCUT2D eigenvalue weighted by molar-refractivity contribution is 0.0743. The Morgan fingerprint density at radius 1 is 1.27 bits per heavy atom. The average Bonchev–Trinajstić information content (AvgIpc) is 3.68. The van der Waals surface area contributed by atoms with E-state index in [0.29, 0.717) is 43.7 Å². The third kappa shape index (κ3) is 7.22. The Balaban J connectivity index is 0.000000396. The summed E-state index contributed by atoms with van der Waals surface area (Å²) < 4.78 is 12.3. The number of hydrogen-bond donors (Lipinski definition) is 3. The largest absolute Gasteiger partial charge is 0.377 e. The number of rotatable bonds is 9. The van der Waals surface area contributed by atoms with Crippen LogP contribution in [0.15, 0.2) is 54.7 Å². The molecule has 0 unspecified atom stereocenters. The van der Waals surface area contributed by atoms with Gasteiger partial charge in [-0.2, -0.15) is 5.10 Å². The number of nitrogens with two attached hydrogens (primary N) is 1. The van der Waals surface area contributed by atoms with E-state index in [1.807, 2.05) is 62.4 Å². The first-order valence-corrected chi connectivity index (χ1v) is 12.7. The molecule has 1 amide bonds. The lowest BCUT2D eigenvalue weighted by Crippen LogP contribution is -2.30. The van der Waals surface area contributed by atoms with E-state index < -0.39 is 0 Å². The van der Waals surface area contributed by atoms with Crippen LogP contribution in [0.5, 0.6) is 0 Å². The maximum atomic E-state index is 13.1. The van der Waals surface area contributed by atoms with Crippen molar-refractivity contribution in [1.82, 2.24) is 30.5 Å². The summed E-state index contributed by atoms with van der Waals surface area (Å²) in [5, 5.41) is 19.5. The second-order valence-electron chi connectivity index (χ2n) is 9.15. The smallest absolute Gasteiger partial charge is 0.272 e. The molecule has 37 heavy (non-hydrogen) atoms. The molecule has 5 rings (SSSR count).